The highest BCUT2D eigenvalue weighted by Gasteiger charge is 2.32. The maximum Gasteiger partial charge on any atom is 0.416 e. The Morgan fingerprint density at radius 1 is 1.20 bits per heavy atom. The lowest BCUT2D eigenvalue weighted by atomic mass is 10.1. The zero-order valence-corrected chi connectivity index (χ0v) is 15.3. The number of nitrogens with zero attached hydrogens (tertiary/aromatic N) is 2. The number of aromatic nitrogens is 2. The highest BCUT2D eigenvalue weighted by molar-refractivity contribution is 7.90. The number of hydrogen-bond acceptors (Lipinski definition) is 3. The molecule has 0 unspecified atom stereocenters. The van der Waals surface area contributed by atoms with Crippen LogP contribution < -0.4 is 0 Å². The molecule has 2 aromatic rings. The number of rotatable bonds is 4. The van der Waals surface area contributed by atoms with Crippen LogP contribution in [0.25, 0.3) is 0 Å². The van der Waals surface area contributed by atoms with Crippen LogP contribution in [0.1, 0.15) is 49.6 Å². The summed E-state index contributed by atoms with van der Waals surface area (Å²) in [4.78, 5) is 0. The van der Waals surface area contributed by atoms with Gasteiger partial charge < -0.3 is 0 Å². The van der Waals surface area contributed by atoms with Crippen LogP contribution in [-0.2, 0) is 27.3 Å². The molecule has 4 nitrogen and oxygen atoms in total. The Labute approximate surface area is 145 Å². The summed E-state index contributed by atoms with van der Waals surface area (Å²) in [6.45, 7) is 7.20. The highest BCUT2D eigenvalue weighted by Crippen LogP contribution is 2.33. The van der Waals surface area contributed by atoms with Crippen LogP contribution in [0.5, 0.6) is 0 Å². The molecule has 25 heavy (non-hydrogen) atoms. The van der Waals surface area contributed by atoms with Gasteiger partial charge in [-0.1, -0.05) is 18.2 Å². The van der Waals surface area contributed by atoms with Crippen LogP contribution in [0.15, 0.2) is 36.7 Å². The van der Waals surface area contributed by atoms with Crippen molar-refractivity contribution in [3.63, 3.8) is 0 Å². The summed E-state index contributed by atoms with van der Waals surface area (Å²) in [5, 5.41) is 3.11. The lowest BCUT2D eigenvalue weighted by Crippen LogP contribution is -2.22. The van der Waals surface area contributed by atoms with E-state index in [0.717, 1.165) is 12.1 Å². The smallest absolute Gasteiger partial charge is 0.267 e. The minimum atomic E-state index is -4.51. The van der Waals surface area contributed by atoms with Crippen molar-refractivity contribution in [2.24, 2.45) is 0 Å². The van der Waals surface area contributed by atoms with Crippen LogP contribution >= 0.6 is 0 Å². The molecule has 1 atom stereocenters. The molecule has 1 aromatic heterocycles. The van der Waals surface area contributed by atoms with Crippen molar-refractivity contribution in [1.29, 1.82) is 0 Å². The van der Waals surface area contributed by atoms with Gasteiger partial charge in [0.1, 0.15) is 0 Å². The zero-order chi connectivity index (χ0) is 19.0. The first-order valence-electron chi connectivity index (χ1n) is 7.73. The Kier molecular flexibility index (Phi) is 5.05. The fourth-order valence-corrected chi connectivity index (χ4v) is 3.76. The van der Waals surface area contributed by atoms with Crippen molar-refractivity contribution in [1.82, 2.24) is 9.78 Å². The topological polar surface area (TPSA) is 52.0 Å². The predicted octanol–water partition coefficient (Wildman–Crippen LogP) is 4.33. The summed E-state index contributed by atoms with van der Waals surface area (Å²) in [7, 11) is -3.68. The number of alkyl halides is 3. The second-order valence-electron chi connectivity index (χ2n) is 7.04. The molecule has 0 saturated heterocycles. The number of benzene rings is 1. The van der Waals surface area contributed by atoms with E-state index in [1.807, 2.05) is 20.8 Å². The van der Waals surface area contributed by atoms with E-state index in [1.54, 1.807) is 10.9 Å². The third-order valence-corrected chi connectivity index (χ3v) is 6.00. The molecule has 0 spiro atoms. The fraction of sp³-hybridized carbons (Fsp3) is 0.471. The van der Waals surface area contributed by atoms with E-state index in [2.05, 4.69) is 5.10 Å². The van der Waals surface area contributed by atoms with Gasteiger partial charge in [0.15, 0.2) is 9.84 Å². The molecule has 0 radical (unpaired) electrons. The molecule has 8 heteroatoms. The van der Waals surface area contributed by atoms with Crippen LogP contribution in [0.3, 0.4) is 0 Å². The summed E-state index contributed by atoms with van der Waals surface area (Å²) >= 11 is 0. The first-order chi connectivity index (χ1) is 11.3. The minimum absolute atomic E-state index is 0.123. The third kappa shape index (κ3) is 4.62. The van der Waals surface area contributed by atoms with Crippen molar-refractivity contribution in [2.75, 3.05) is 0 Å². The van der Waals surface area contributed by atoms with E-state index in [4.69, 9.17) is 0 Å². The largest absolute Gasteiger partial charge is 0.416 e. The summed E-state index contributed by atoms with van der Waals surface area (Å²) < 4.78 is 65.3. The van der Waals surface area contributed by atoms with Gasteiger partial charge in [-0.2, -0.15) is 18.3 Å². The van der Waals surface area contributed by atoms with Crippen molar-refractivity contribution in [2.45, 2.75) is 50.4 Å². The molecule has 1 aromatic carbocycles. The van der Waals surface area contributed by atoms with Crippen LogP contribution in [0.4, 0.5) is 13.2 Å². The summed E-state index contributed by atoms with van der Waals surface area (Å²) in [6.07, 6.45) is -1.38. The Bertz CT molecular complexity index is 849. The lowest BCUT2D eigenvalue weighted by molar-refractivity contribution is -0.137. The zero-order valence-electron chi connectivity index (χ0n) is 14.5. The molecule has 0 aliphatic heterocycles. The van der Waals surface area contributed by atoms with Gasteiger partial charge in [-0.15, -0.1) is 0 Å². The van der Waals surface area contributed by atoms with Crippen LogP contribution in [0, 0.1) is 0 Å². The van der Waals surface area contributed by atoms with Crippen molar-refractivity contribution in [3.8, 4) is 0 Å². The maximum atomic E-state index is 12.8. The molecule has 0 saturated carbocycles. The summed E-state index contributed by atoms with van der Waals surface area (Å²) in [5.41, 5.74) is -0.506. The molecule has 0 fully saturated rings. The van der Waals surface area contributed by atoms with E-state index in [9.17, 15) is 21.6 Å². The molecule has 1 heterocycles. The van der Waals surface area contributed by atoms with Gasteiger partial charge in [-0.25, -0.2) is 8.42 Å². The van der Waals surface area contributed by atoms with Gasteiger partial charge in [0.25, 0.3) is 0 Å². The normalized spacial score (nSPS) is 14.5. The second-order valence-corrected chi connectivity index (χ2v) is 9.36. The molecule has 0 aliphatic carbocycles. The monoisotopic (exact) mass is 374 g/mol. The van der Waals surface area contributed by atoms with Gasteiger partial charge in [0.05, 0.1) is 28.3 Å². The Morgan fingerprint density at radius 3 is 2.36 bits per heavy atom. The van der Waals surface area contributed by atoms with E-state index in [1.165, 1.54) is 25.3 Å². The van der Waals surface area contributed by atoms with Gasteiger partial charge >= 0.3 is 6.18 Å². The van der Waals surface area contributed by atoms with E-state index >= 15 is 0 Å². The Balaban J connectivity index is 2.26. The van der Waals surface area contributed by atoms with Crippen molar-refractivity contribution in [3.05, 3.63) is 53.3 Å². The number of sulfone groups is 1. The molecule has 2 rings (SSSR count). The molecule has 0 amide bonds. The third-order valence-electron chi connectivity index (χ3n) is 3.91. The number of halogens is 3. The maximum absolute atomic E-state index is 12.8. The highest BCUT2D eigenvalue weighted by atomic mass is 32.2. The van der Waals surface area contributed by atoms with Crippen molar-refractivity contribution < 1.29 is 21.6 Å². The predicted molar refractivity (Wildman–Crippen MR) is 89.7 cm³/mol. The molecule has 138 valence electrons. The average molecular weight is 374 g/mol. The Hall–Kier alpha value is -1.83. The van der Waals surface area contributed by atoms with Crippen LogP contribution in [-0.4, -0.2) is 18.2 Å². The number of hydrogen-bond donors (Lipinski definition) is 0. The fourth-order valence-electron chi connectivity index (χ4n) is 2.33. The van der Waals surface area contributed by atoms with E-state index in [-0.39, 0.29) is 16.9 Å². The minimum Gasteiger partial charge on any atom is -0.267 e. The van der Waals surface area contributed by atoms with E-state index in [0.29, 0.717) is 5.56 Å². The van der Waals surface area contributed by atoms with E-state index < -0.39 is 26.8 Å². The lowest BCUT2D eigenvalue weighted by Gasteiger charge is -2.18. The molecule has 0 aliphatic rings. The van der Waals surface area contributed by atoms with Gasteiger partial charge in [0.2, 0.25) is 0 Å². The van der Waals surface area contributed by atoms with Gasteiger partial charge in [0, 0.05) is 11.8 Å². The van der Waals surface area contributed by atoms with Crippen LogP contribution in [0.2, 0.25) is 0 Å². The van der Waals surface area contributed by atoms with Gasteiger partial charge in [-0.3, -0.25) is 4.68 Å². The van der Waals surface area contributed by atoms with Crippen molar-refractivity contribution >= 4 is 9.84 Å². The standard InChI is InChI=1S/C17H21F3N2O2S/c1-12(14-6-5-7-15(8-14)17(18,19)20)25(23,24)11-13-9-21-22(10-13)16(2,3)4/h5-10,12H,11H2,1-4H3/t12-/m0/s1. The molecule has 0 N–H and O–H groups in total. The quantitative estimate of drug-likeness (QED) is 0.800. The first kappa shape index (κ1) is 19.5. The molecular formula is C17H21F3N2O2S. The molecule has 0 bridgehead atoms. The molecular weight excluding hydrogens is 353 g/mol. The first-order valence-corrected chi connectivity index (χ1v) is 9.45. The SMILES string of the molecule is C[C@@H](c1cccc(C(F)(F)F)c1)S(=O)(=O)Cc1cnn(C(C)(C)C)c1. The summed E-state index contributed by atoms with van der Waals surface area (Å²) in [6, 6.07) is 4.44. The second kappa shape index (κ2) is 6.48. The average Bonchev–Trinajstić information content (AvgIpc) is 2.93. The van der Waals surface area contributed by atoms with Gasteiger partial charge in [-0.05, 0) is 39.3 Å². The summed E-state index contributed by atoms with van der Waals surface area (Å²) in [5.74, 6) is -0.277. The Morgan fingerprint density at radius 2 is 1.84 bits per heavy atom.